The molecule has 0 saturated carbocycles. The number of fused-ring (bicyclic) bond motifs is 1. The van der Waals surface area contributed by atoms with Crippen LogP contribution in [0.15, 0.2) is 48.7 Å². The predicted molar refractivity (Wildman–Crippen MR) is 121 cm³/mol. The topological polar surface area (TPSA) is 57.4 Å². The quantitative estimate of drug-likeness (QED) is 0.564. The molecule has 1 aliphatic rings. The number of ether oxygens (including phenoxy) is 1. The maximum Gasteiger partial charge on any atom is 0.220 e. The number of carbonyl (C=O) groups is 1. The van der Waals surface area contributed by atoms with E-state index >= 15 is 0 Å². The fourth-order valence-corrected chi connectivity index (χ4v) is 4.24. The SMILES string of the molecule is O=C(C[C@H](c1ccc(Cl)cc1)c1c[nH]c2ccc(Cl)cc12)NCCN1CCOCC1. The lowest BCUT2D eigenvalue weighted by Gasteiger charge is -2.26. The van der Waals surface area contributed by atoms with Crippen molar-refractivity contribution in [1.82, 2.24) is 15.2 Å². The molecule has 1 amide bonds. The molecule has 0 aliphatic carbocycles. The van der Waals surface area contributed by atoms with E-state index in [9.17, 15) is 4.79 Å². The van der Waals surface area contributed by atoms with Crippen LogP contribution < -0.4 is 5.32 Å². The first kappa shape index (κ1) is 21.2. The van der Waals surface area contributed by atoms with Crippen molar-refractivity contribution in [2.75, 3.05) is 39.4 Å². The molecule has 1 saturated heterocycles. The highest BCUT2D eigenvalue weighted by Gasteiger charge is 2.22. The molecule has 3 aromatic rings. The number of nitrogens with one attached hydrogen (secondary N) is 2. The maximum absolute atomic E-state index is 12.8. The van der Waals surface area contributed by atoms with Gasteiger partial charge in [-0.2, -0.15) is 0 Å². The smallest absolute Gasteiger partial charge is 0.220 e. The molecular weight excluding hydrogens is 421 g/mol. The summed E-state index contributed by atoms with van der Waals surface area (Å²) in [4.78, 5) is 18.4. The average Bonchev–Trinajstić information content (AvgIpc) is 3.16. The third-order valence-electron chi connectivity index (χ3n) is 5.57. The Hall–Kier alpha value is -2.05. The van der Waals surface area contributed by atoms with Crippen LogP contribution in [0.5, 0.6) is 0 Å². The predicted octanol–water partition coefficient (Wildman–Crippen LogP) is 4.45. The van der Waals surface area contributed by atoms with Crippen molar-refractivity contribution in [3.8, 4) is 0 Å². The summed E-state index contributed by atoms with van der Waals surface area (Å²) < 4.78 is 5.37. The Morgan fingerprint density at radius 2 is 1.83 bits per heavy atom. The third-order valence-corrected chi connectivity index (χ3v) is 6.05. The minimum Gasteiger partial charge on any atom is -0.379 e. The largest absolute Gasteiger partial charge is 0.379 e. The van der Waals surface area contributed by atoms with Crippen molar-refractivity contribution in [3.05, 3.63) is 69.8 Å². The third kappa shape index (κ3) is 5.16. The zero-order chi connectivity index (χ0) is 20.9. The summed E-state index contributed by atoms with van der Waals surface area (Å²) in [5, 5.41) is 5.46. The number of rotatable bonds is 7. The minimum absolute atomic E-state index is 0.0274. The lowest BCUT2D eigenvalue weighted by molar-refractivity contribution is -0.121. The number of hydrogen-bond acceptors (Lipinski definition) is 3. The van der Waals surface area contributed by atoms with Gasteiger partial charge in [0.1, 0.15) is 0 Å². The fourth-order valence-electron chi connectivity index (χ4n) is 3.94. The molecular formula is C23H25Cl2N3O2. The molecule has 7 heteroatoms. The normalized spacial score (nSPS) is 15.9. The Morgan fingerprint density at radius 3 is 2.60 bits per heavy atom. The molecule has 0 bridgehead atoms. The first-order chi connectivity index (χ1) is 14.6. The van der Waals surface area contributed by atoms with Crippen LogP contribution in [0.3, 0.4) is 0 Å². The monoisotopic (exact) mass is 445 g/mol. The van der Waals surface area contributed by atoms with Gasteiger partial charge in [0.05, 0.1) is 13.2 Å². The Kier molecular flexibility index (Phi) is 6.95. The molecule has 30 heavy (non-hydrogen) atoms. The van der Waals surface area contributed by atoms with Gasteiger partial charge in [0.15, 0.2) is 0 Å². The molecule has 4 rings (SSSR count). The van der Waals surface area contributed by atoms with Gasteiger partial charge in [-0.3, -0.25) is 9.69 Å². The fraction of sp³-hybridized carbons (Fsp3) is 0.348. The maximum atomic E-state index is 12.8. The number of amides is 1. The van der Waals surface area contributed by atoms with Gasteiger partial charge in [-0.15, -0.1) is 0 Å². The van der Waals surface area contributed by atoms with Crippen molar-refractivity contribution >= 4 is 40.0 Å². The molecule has 1 atom stereocenters. The Balaban J connectivity index is 1.51. The molecule has 1 fully saturated rings. The highest BCUT2D eigenvalue weighted by molar-refractivity contribution is 6.31. The first-order valence-electron chi connectivity index (χ1n) is 10.2. The molecule has 1 aliphatic heterocycles. The van der Waals surface area contributed by atoms with E-state index in [1.165, 1.54) is 0 Å². The zero-order valence-corrected chi connectivity index (χ0v) is 18.2. The number of hydrogen-bond donors (Lipinski definition) is 2. The molecule has 2 aromatic carbocycles. The lowest BCUT2D eigenvalue weighted by atomic mass is 9.88. The highest BCUT2D eigenvalue weighted by Crippen LogP contribution is 2.35. The number of H-pyrrole nitrogens is 1. The molecule has 0 spiro atoms. The molecule has 158 valence electrons. The van der Waals surface area contributed by atoms with Crippen LogP contribution >= 0.6 is 23.2 Å². The number of benzene rings is 2. The van der Waals surface area contributed by atoms with E-state index in [-0.39, 0.29) is 11.8 Å². The van der Waals surface area contributed by atoms with Crippen molar-refractivity contribution in [1.29, 1.82) is 0 Å². The van der Waals surface area contributed by atoms with Crippen molar-refractivity contribution in [3.63, 3.8) is 0 Å². The van der Waals surface area contributed by atoms with Gasteiger partial charge in [-0.05, 0) is 41.5 Å². The zero-order valence-electron chi connectivity index (χ0n) is 16.7. The van der Waals surface area contributed by atoms with Crippen LogP contribution in [0.25, 0.3) is 10.9 Å². The van der Waals surface area contributed by atoms with Crippen LogP contribution in [-0.2, 0) is 9.53 Å². The molecule has 1 aromatic heterocycles. The summed E-state index contributed by atoms with van der Waals surface area (Å²) in [6.07, 6.45) is 2.32. The summed E-state index contributed by atoms with van der Waals surface area (Å²) in [7, 11) is 0. The van der Waals surface area contributed by atoms with E-state index in [1.54, 1.807) is 0 Å². The number of halogens is 2. The molecule has 0 unspecified atom stereocenters. The Labute approximate surface area is 186 Å². The molecule has 0 radical (unpaired) electrons. The van der Waals surface area contributed by atoms with Crippen LogP contribution in [0.1, 0.15) is 23.5 Å². The van der Waals surface area contributed by atoms with E-state index in [1.807, 2.05) is 48.7 Å². The summed E-state index contributed by atoms with van der Waals surface area (Å²) in [6.45, 7) is 4.82. The van der Waals surface area contributed by atoms with Gasteiger partial charge < -0.3 is 15.0 Å². The summed E-state index contributed by atoms with van der Waals surface area (Å²) >= 11 is 12.3. The van der Waals surface area contributed by atoms with E-state index in [0.29, 0.717) is 23.0 Å². The summed E-state index contributed by atoms with van der Waals surface area (Å²) in [6, 6.07) is 13.5. The number of aromatic nitrogens is 1. The van der Waals surface area contributed by atoms with Crippen molar-refractivity contribution in [2.24, 2.45) is 0 Å². The van der Waals surface area contributed by atoms with Gasteiger partial charge in [-0.1, -0.05) is 35.3 Å². The molecule has 2 N–H and O–H groups in total. The van der Waals surface area contributed by atoms with E-state index in [0.717, 1.165) is 54.9 Å². The van der Waals surface area contributed by atoms with E-state index in [4.69, 9.17) is 27.9 Å². The number of carbonyl (C=O) groups excluding carboxylic acids is 1. The van der Waals surface area contributed by atoms with Crippen LogP contribution in [0, 0.1) is 0 Å². The second kappa shape index (κ2) is 9.84. The Bertz CT molecular complexity index is 997. The summed E-state index contributed by atoms with van der Waals surface area (Å²) in [5.74, 6) is -0.0718. The lowest BCUT2D eigenvalue weighted by Crippen LogP contribution is -2.41. The Morgan fingerprint density at radius 1 is 1.10 bits per heavy atom. The average molecular weight is 446 g/mol. The number of nitrogens with zero attached hydrogens (tertiary/aromatic N) is 1. The second-order valence-electron chi connectivity index (χ2n) is 7.55. The van der Waals surface area contributed by atoms with Crippen LogP contribution in [-0.4, -0.2) is 55.2 Å². The van der Waals surface area contributed by atoms with Crippen molar-refractivity contribution in [2.45, 2.75) is 12.3 Å². The van der Waals surface area contributed by atoms with Gasteiger partial charge in [0, 0.05) is 65.7 Å². The van der Waals surface area contributed by atoms with Gasteiger partial charge in [0.2, 0.25) is 5.91 Å². The van der Waals surface area contributed by atoms with E-state index < -0.39 is 0 Å². The number of morpholine rings is 1. The first-order valence-corrected chi connectivity index (χ1v) is 10.9. The summed E-state index contributed by atoms with van der Waals surface area (Å²) in [5.41, 5.74) is 3.10. The van der Waals surface area contributed by atoms with Gasteiger partial charge in [-0.25, -0.2) is 0 Å². The van der Waals surface area contributed by atoms with Crippen molar-refractivity contribution < 1.29 is 9.53 Å². The van der Waals surface area contributed by atoms with Gasteiger partial charge >= 0.3 is 0 Å². The van der Waals surface area contributed by atoms with Crippen LogP contribution in [0.4, 0.5) is 0 Å². The minimum atomic E-state index is -0.0992. The molecule has 2 heterocycles. The van der Waals surface area contributed by atoms with Gasteiger partial charge in [0.25, 0.3) is 0 Å². The highest BCUT2D eigenvalue weighted by atomic mass is 35.5. The number of aromatic amines is 1. The standard InChI is InChI=1S/C23H25Cl2N3O2/c24-17-3-1-16(2-4-17)19(21-15-27-22-6-5-18(25)13-20(21)22)14-23(29)26-7-8-28-9-11-30-12-10-28/h1-6,13,15,19,27H,7-12,14H2,(H,26,29)/t19-/m1/s1. The van der Waals surface area contributed by atoms with E-state index in [2.05, 4.69) is 15.2 Å². The second-order valence-corrected chi connectivity index (χ2v) is 8.42. The molecule has 5 nitrogen and oxygen atoms in total. The van der Waals surface area contributed by atoms with Crippen LogP contribution in [0.2, 0.25) is 10.0 Å².